The number of nitrogens with zero attached hydrogens (tertiary/aromatic N) is 4. The predicted molar refractivity (Wildman–Crippen MR) is 95.4 cm³/mol. The SMILES string of the molecule is CN(C)S(=O)(=O)N1C[C@H]2CC[C@@H](C1)N(Cc1c(Cl)cncc1Cl)C2. The van der Waals surface area contributed by atoms with Gasteiger partial charge in [-0.05, 0) is 18.8 Å². The van der Waals surface area contributed by atoms with Crippen LogP contribution in [-0.2, 0) is 16.8 Å². The lowest BCUT2D eigenvalue weighted by Crippen LogP contribution is -2.45. The molecule has 4 rings (SSSR count). The Bertz CT molecular complexity index is 693. The second kappa shape index (κ2) is 7.05. The molecule has 1 aromatic rings. The van der Waals surface area contributed by atoms with Crippen molar-refractivity contribution in [1.82, 2.24) is 18.5 Å². The first-order chi connectivity index (χ1) is 11.3. The zero-order valence-corrected chi connectivity index (χ0v) is 16.1. The normalized spacial score (nSPS) is 26.0. The maximum absolute atomic E-state index is 12.5. The van der Waals surface area contributed by atoms with Gasteiger partial charge in [-0.2, -0.15) is 17.0 Å². The first kappa shape index (κ1) is 18.4. The highest BCUT2D eigenvalue weighted by Crippen LogP contribution is 2.33. The van der Waals surface area contributed by atoms with Gasteiger partial charge >= 0.3 is 0 Å². The van der Waals surface area contributed by atoms with Crippen LogP contribution in [0.2, 0.25) is 10.0 Å². The Hall–Kier alpha value is -0.440. The molecule has 3 aliphatic heterocycles. The zero-order chi connectivity index (χ0) is 17.5. The van der Waals surface area contributed by atoms with Crippen LogP contribution in [0.4, 0.5) is 0 Å². The van der Waals surface area contributed by atoms with Gasteiger partial charge in [0.2, 0.25) is 0 Å². The van der Waals surface area contributed by atoms with E-state index in [0.717, 1.165) is 24.9 Å². The summed E-state index contributed by atoms with van der Waals surface area (Å²) in [4.78, 5) is 6.30. The zero-order valence-electron chi connectivity index (χ0n) is 13.8. The van der Waals surface area contributed by atoms with E-state index in [1.165, 1.54) is 4.31 Å². The molecule has 0 radical (unpaired) electrons. The Morgan fingerprint density at radius 1 is 1.17 bits per heavy atom. The van der Waals surface area contributed by atoms with E-state index in [-0.39, 0.29) is 6.04 Å². The van der Waals surface area contributed by atoms with Gasteiger partial charge in [-0.3, -0.25) is 9.88 Å². The smallest absolute Gasteiger partial charge is 0.281 e. The van der Waals surface area contributed by atoms with Gasteiger partial charge in [-0.25, -0.2) is 0 Å². The van der Waals surface area contributed by atoms with Crippen LogP contribution in [0.25, 0.3) is 0 Å². The summed E-state index contributed by atoms with van der Waals surface area (Å²) in [5.74, 6) is 0.331. The average Bonchev–Trinajstić information content (AvgIpc) is 2.83. The maximum Gasteiger partial charge on any atom is 0.281 e. The standard InChI is InChI=1S/C15H22Cl2N4O2S/c1-19(2)24(22,23)21-8-11-3-4-12(9-21)20(7-11)10-13-14(16)5-18-6-15(13)17/h5-6,11-12H,3-4,7-10H2,1-2H3/t11-,12-/m0/s1. The third-order valence-electron chi connectivity index (χ3n) is 4.89. The number of hydrogen-bond donors (Lipinski definition) is 0. The van der Waals surface area contributed by atoms with Crippen molar-refractivity contribution in [3.8, 4) is 0 Å². The highest BCUT2D eigenvalue weighted by molar-refractivity contribution is 7.86. The Balaban J connectivity index is 1.82. The summed E-state index contributed by atoms with van der Waals surface area (Å²) >= 11 is 12.5. The molecular formula is C15H22Cl2N4O2S. The molecule has 0 amide bonds. The molecule has 0 N–H and O–H groups in total. The summed E-state index contributed by atoms with van der Waals surface area (Å²) in [6, 6.07) is 0.179. The van der Waals surface area contributed by atoms with Crippen LogP contribution < -0.4 is 0 Å². The van der Waals surface area contributed by atoms with Gasteiger partial charge in [0.25, 0.3) is 10.2 Å². The van der Waals surface area contributed by atoms with Crippen molar-refractivity contribution < 1.29 is 8.42 Å². The largest absolute Gasteiger partial charge is 0.294 e. The van der Waals surface area contributed by atoms with E-state index < -0.39 is 10.2 Å². The van der Waals surface area contributed by atoms with E-state index >= 15 is 0 Å². The fourth-order valence-corrected chi connectivity index (χ4v) is 5.25. The molecule has 0 saturated carbocycles. The lowest BCUT2D eigenvalue weighted by atomic mass is 9.94. The number of aromatic nitrogens is 1. The lowest BCUT2D eigenvalue weighted by molar-refractivity contribution is 0.125. The minimum atomic E-state index is -3.38. The third kappa shape index (κ3) is 3.57. The Labute approximate surface area is 153 Å². The molecule has 134 valence electrons. The third-order valence-corrected chi connectivity index (χ3v) is 7.42. The van der Waals surface area contributed by atoms with E-state index in [9.17, 15) is 8.42 Å². The molecule has 0 spiro atoms. The van der Waals surface area contributed by atoms with Crippen LogP contribution in [0.1, 0.15) is 18.4 Å². The quantitative estimate of drug-likeness (QED) is 0.786. The highest BCUT2D eigenvalue weighted by Gasteiger charge is 2.39. The van der Waals surface area contributed by atoms with Crippen LogP contribution in [0.3, 0.4) is 0 Å². The topological polar surface area (TPSA) is 56.8 Å². The molecule has 0 aliphatic carbocycles. The van der Waals surface area contributed by atoms with Crippen molar-refractivity contribution in [2.45, 2.75) is 25.4 Å². The first-order valence-electron chi connectivity index (χ1n) is 7.98. The van der Waals surface area contributed by atoms with Gasteiger partial charge in [0.15, 0.2) is 0 Å². The first-order valence-corrected chi connectivity index (χ1v) is 10.1. The molecule has 9 heteroatoms. The van der Waals surface area contributed by atoms with Crippen molar-refractivity contribution in [3.05, 3.63) is 28.0 Å². The summed E-state index contributed by atoms with van der Waals surface area (Å²) in [7, 11) is -0.224. The second-order valence-corrected chi connectivity index (χ2v) is 9.67. The van der Waals surface area contributed by atoms with Crippen molar-refractivity contribution in [2.75, 3.05) is 33.7 Å². The second-order valence-electron chi connectivity index (χ2n) is 6.72. The molecule has 0 unspecified atom stereocenters. The fraction of sp³-hybridized carbons (Fsp3) is 0.667. The number of hydrogen-bond acceptors (Lipinski definition) is 4. The minimum Gasteiger partial charge on any atom is -0.294 e. The van der Waals surface area contributed by atoms with Gasteiger partial charge in [0.05, 0.1) is 10.0 Å². The average molecular weight is 393 g/mol. The number of rotatable bonds is 4. The minimum absolute atomic E-state index is 0.179. The van der Waals surface area contributed by atoms with E-state index in [2.05, 4.69) is 9.88 Å². The van der Waals surface area contributed by atoms with Gasteiger partial charge in [0, 0.05) is 64.3 Å². The fourth-order valence-electron chi connectivity index (χ4n) is 3.54. The molecule has 3 saturated heterocycles. The summed E-state index contributed by atoms with van der Waals surface area (Å²) in [6.45, 7) is 2.57. The molecule has 3 aliphatic rings. The number of piperidine rings is 1. The highest BCUT2D eigenvalue weighted by atomic mass is 35.5. The van der Waals surface area contributed by atoms with Crippen molar-refractivity contribution in [3.63, 3.8) is 0 Å². The molecule has 0 aromatic carbocycles. The molecule has 1 aromatic heterocycles. The van der Waals surface area contributed by atoms with Gasteiger partial charge < -0.3 is 0 Å². The Morgan fingerprint density at radius 3 is 2.46 bits per heavy atom. The van der Waals surface area contributed by atoms with Crippen LogP contribution in [-0.4, -0.2) is 66.7 Å². The van der Waals surface area contributed by atoms with Crippen LogP contribution in [0.15, 0.2) is 12.4 Å². The number of pyridine rings is 1. The molecule has 24 heavy (non-hydrogen) atoms. The molecule has 3 fully saturated rings. The molecule has 2 atom stereocenters. The molecule has 6 nitrogen and oxygen atoms in total. The molecule has 4 heterocycles. The summed E-state index contributed by atoms with van der Waals surface area (Å²) < 4.78 is 27.9. The molecular weight excluding hydrogens is 371 g/mol. The Kier molecular flexibility index (Phi) is 5.39. The summed E-state index contributed by atoms with van der Waals surface area (Å²) in [6.07, 6.45) is 5.24. The summed E-state index contributed by atoms with van der Waals surface area (Å²) in [5, 5.41) is 1.11. The van der Waals surface area contributed by atoms with E-state index in [4.69, 9.17) is 23.2 Å². The number of fused-ring (bicyclic) bond motifs is 4. The van der Waals surface area contributed by atoms with Crippen molar-refractivity contribution in [2.24, 2.45) is 5.92 Å². The van der Waals surface area contributed by atoms with E-state index in [0.29, 0.717) is 35.6 Å². The van der Waals surface area contributed by atoms with Gasteiger partial charge in [0.1, 0.15) is 0 Å². The van der Waals surface area contributed by atoms with Crippen molar-refractivity contribution in [1.29, 1.82) is 0 Å². The van der Waals surface area contributed by atoms with Crippen LogP contribution in [0, 0.1) is 5.92 Å². The lowest BCUT2D eigenvalue weighted by Gasteiger charge is -2.36. The van der Waals surface area contributed by atoms with E-state index in [1.54, 1.807) is 30.8 Å². The number of halogens is 2. The Morgan fingerprint density at radius 2 is 1.83 bits per heavy atom. The van der Waals surface area contributed by atoms with Crippen molar-refractivity contribution >= 4 is 33.4 Å². The van der Waals surface area contributed by atoms with Gasteiger partial charge in [-0.1, -0.05) is 23.2 Å². The molecule has 2 bridgehead atoms. The maximum atomic E-state index is 12.5. The van der Waals surface area contributed by atoms with Gasteiger partial charge in [-0.15, -0.1) is 0 Å². The van der Waals surface area contributed by atoms with Crippen LogP contribution in [0.5, 0.6) is 0 Å². The van der Waals surface area contributed by atoms with Crippen LogP contribution >= 0.6 is 23.2 Å². The predicted octanol–water partition coefficient (Wildman–Crippen LogP) is 2.09. The monoisotopic (exact) mass is 392 g/mol. The van der Waals surface area contributed by atoms with E-state index in [1.807, 2.05) is 0 Å². The summed E-state index contributed by atoms with van der Waals surface area (Å²) in [5.41, 5.74) is 0.864.